The van der Waals surface area contributed by atoms with Crippen LogP contribution in [0.4, 0.5) is 14.5 Å². The molecule has 0 radical (unpaired) electrons. The summed E-state index contributed by atoms with van der Waals surface area (Å²) >= 11 is 0. The predicted molar refractivity (Wildman–Crippen MR) is 102 cm³/mol. The highest BCUT2D eigenvalue weighted by atomic mass is 19.1. The third-order valence-corrected chi connectivity index (χ3v) is 4.26. The Kier molecular flexibility index (Phi) is 5.78. The number of anilines is 1. The van der Waals surface area contributed by atoms with Gasteiger partial charge in [0.15, 0.2) is 5.96 Å². The molecule has 0 heterocycles. The highest BCUT2D eigenvalue weighted by Crippen LogP contribution is 2.45. The van der Waals surface area contributed by atoms with Crippen LogP contribution in [0.15, 0.2) is 41.4 Å². The summed E-state index contributed by atoms with van der Waals surface area (Å²) in [5, 5.41) is 3.00. The molecule has 144 valence electrons. The largest absolute Gasteiger partial charge is 0.494 e. The van der Waals surface area contributed by atoms with Crippen molar-refractivity contribution in [3.63, 3.8) is 0 Å². The van der Waals surface area contributed by atoms with Crippen LogP contribution in [0.1, 0.15) is 31.7 Å². The number of nitrogens with one attached hydrogen (secondary N) is 1. The molecule has 3 rings (SSSR count). The minimum absolute atomic E-state index is 0.0763. The quantitative estimate of drug-likeness (QED) is 0.566. The monoisotopic (exact) mass is 375 g/mol. The van der Waals surface area contributed by atoms with Gasteiger partial charge in [-0.1, -0.05) is 6.07 Å². The molecule has 2 aromatic carbocycles. The first-order chi connectivity index (χ1) is 13.0. The lowest BCUT2D eigenvalue weighted by Crippen LogP contribution is -2.23. The molecule has 2 aromatic rings. The van der Waals surface area contributed by atoms with E-state index in [0.29, 0.717) is 36.8 Å². The van der Waals surface area contributed by atoms with Gasteiger partial charge in [0, 0.05) is 17.5 Å². The molecule has 0 aromatic heterocycles. The molecule has 3 N–H and O–H groups in total. The maximum atomic E-state index is 13.9. The second-order valence-corrected chi connectivity index (χ2v) is 6.21. The van der Waals surface area contributed by atoms with Crippen molar-refractivity contribution >= 4 is 11.6 Å². The Bertz CT molecular complexity index is 822. The molecule has 1 saturated carbocycles. The fourth-order valence-corrected chi connectivity index (χ4v) is 2.99. The molecule has 5 nitrogen and oxygen atoms in total. The Morgan fingerprint density at radius 2 is 1.85 bits per heavy atom. The van der Waals surface area contributed by atoms with Gasteiger partial charge < -0.3 is 20.5 Å². The number of benzene rings is 2. The van der Waals surface area contributed by atoms with Crippen molar-refractivity contribution in [3.8, 4) is 11.5 Å². The van der Waals surface area contributed by atoms with Crippen molar-refractivity contribution in [1.29, 1.82) is 0 Å². The van der Waals surface area contributed by atoms with E-state index in [1.165, 1.54) is 18.2 Å². The van der Waals surface area contributed by atoms with Crippen LogP contribution in [0.2, 0.25) is 0 Å². The fraction of sp³-hybridized carbons (Fsp3) is 0.350. The van der Waals surface area contributed by atoms with Gasteiger partial charge >= 0.3 is 0 Å². The van der Waals surface area contributed by atoms with Gasteiger partial charge in [0.2, 0.25) is 0 Å². The lowest BCUT2D eigenvalue weighted by Gasteiger charge is -2.14. The zero-order chi connectivity index (χ0) is 19.4. The van der Waals surface area contributed by atoms with Crippen molar-refractivity contribution in [2.45, 2.75) is 32.2 Å². The summed E-state index contributed by atoms with van der Waals surface area (Å²) < 4.78 is 38.9. The van der Waals surface area contributed by atoms with Crippen LogP contribution in [0.3, 0.4) is 0 Å². The molecule has 0 amide bonds. The van der Waals surface area contributed by atoms with Gasteiger partial charge in [-0.05, 0) is 44.5 Å². The van der Waals surface area contributed by atoms with E-state index in [9.17, 15) is 8.78 Å². The van der Waals surface area contributed by atoms with Crippen LogP contribution in [-0.4, -0.2) is 25.2 Å². The summed E-state index contributed by atoms with van der Waals surface area (Å²) in [6, 6.07) is 8.99. The van der Waals surface area contributed by atoms with E-state index in [4.69, 9.17) is 15.2 Å². The minimum atomic E-state index is -0.549. The van der Waals surface area contributed by atoms with E-state index in [1.54, 1.807) is 12.1 Å². The van der Waals surface area contributed by atoms with Crippen molar-refractivity contribution in [3.05, 3.63) is 53.6 Å². The third-order valence-electron chi connectivity index (χ3n) is 4.26. The van der Waals surface area contributed by atoms with Gasteiger partial charge in [0.1, 0.15) is 23.1 Å². The number of nitrogens with two attached hydrogens (primary N) is 1. The lowest BCUT2D eigenvalue weighted by atomic mass is 10.1. The first-order valence-corrected chi connectivity index (χ1v) is 8.97. The maximum absolute atomic E-state index is 13.9. The first kappa shape index (κ1) is 18.9. The van der Waals surface area contributed by atoms with Crippen LogP contribution in [0.5, 0.6) is 11.5 Å². The smallest absolute Gasteiger partial charge is 0.193 e. The molecule has 2 unspecified atom stereocenters. The van der Waals surface area contributed by atoms with E-state index < -0.39 is 11.6 Å². The Hall–Kier alpha value is -2.83. The molecule has 27 heavy (non-hydrogen) atoms. The molecular weight excluding hydrogens is 352 g/mol. The number of hydrogen-bond acceptors (Lipinski definition) is 3. The average molecular weight is 375 g/mol. The van der Waals surface area contributed by atoms with Gasteiger partial charge in [0.25, 0.3) is 0 Å². The highest BCUT2D eigenvalue weighted by molar-refractivity contribution is 5.94. The van der Waals surface area contributed by atoms with Crippen molar-refractivity contribution < 1.29 is 18.3 Å². The summed E-state index contributed by atoms with van der Waals surface area (Å²) in [6.45, 7) is 4.82. The second-order valence-electron chi connectivity index (χ2n) is 6.21. The maximum Gasteiger partial charge on any atom is 0.193 e. The summed E-state index contributed by atoms with van der Waals surface area (Å²) in [5.74, 6) is 0.0571. The molecule has 0 saturated heterocycles. The van der Waals surface area contributed by atoms with Gasteiger partial charge in [-0.3, -0.25) is 0 Å². The van der Waals surface area contributed by atoms with Crippen LogP contribution in [0.25, 0.3) is 0 Å². The molecule has 1 aliphatic carbocycles. The fourth-order valence-electron chi connectivity index (χ4n) is 2.99. The van der Waals surface area contributed by atoms with E-state index in [0.717, 1.165) is 0 Å². The summed E-state index contributed by atoms with van der Waals surface area (Å²) in [4.78, 5) is 4.35. The zero-order valence-corrected chi connectivity index (χ0v) is 15.3. The van der Waals surface area contributed by atoms with Crippen molar-refractivity contribution in [2.75, 3.05) is 18.5 Å². The van der Waals surface area contributed by atoms with Crippen LogP contribution in [0, 0.1) is 11.6 Å². The predicted octanol–water partition coefficient (Wildman–Crippen LogP) is 4.04. The summed E-state index contributed by atoms with van der Waals surface area (Å²) in [7, 11) is 0. The molecule has 1 aliphatic rings. The second kappa shape index (κ2) is 8.24. The first-order valence-electron chi connectivity index (χ1n) is 8.97. The Morgan fingerprint density at radius 3 is 2.52 bits per heavy atom. The van der Waals surface area contributed by atoms with Gasteiger partial charge in [-0.2, -0.15) is 0 Å². The van der Waals surface area contributed by atoms with Crippen LogP contribution >= 0.6 is 0 Å². The van der Waals surface area contributed by atoms with E-state index >= 15 is 0 Å². The minimum Gasteiger partial charge on any atom is -0.494 e. The molecule has 0 spiro atoms. The Balaban J connectivity index is 1.74. The Morgan fingerprint density at radius 1 is 1.15 bits per heavy atom. The highest BCUT2D eigenvalue weighted by Gasteiger charge is 2.42. The normalized spacial score (nSPS) is 18.9. The number of hydrogen-bond donors (Lipinski definition) is 2. The Labute approximate surface area is 157 Å². The van der Waals surface area contributed by atoms with Gasteiger partial charge in [0.05, 0.1) is 24.9 Å². The molecule has 0 bridgehead atoms. The number of ether oxygens (including phenoxy) is 2. The van der Waals surface area contributed by atoms with E-state index in [-0.39, 0.29) is 23.5 Å². The topological polar surface area (TPSA) is 68.9 Å². The van der Waals surface area contributed by atoms with E-state index in [2.05, 4.69) is 10.3 Å². The number of nitrogens with zero attached hydrogens (tertiary/aromatic N) is 1. The van der Waals surface area contributed by atoms with Gasteiger partial charge in [-0.25, -0.2) is 13.8 Å². The molecule has 1 fully saturated rings. The van der Waals surface area contributed by atoms with Gasteiger partial charge in [-0.15, -0.1) is 0 Å². The van der Waals surface area contributed by atoms with Crippen LogP contribution < -0.4 is 20.5 Å². The SMILES string of the molecule is CCOc1ccc(OCC)c(NC(N)=NC2CC2c2c(F)cccc2F)c1. The van der Waals surface area contributed by atoms with Crippen molar-refractivity contribution in [2.24, 2.45) is 10.7 Å². The lowest BCUT2D eigenvalue weighted by molar-refractivity contribution is 0.332. The van der Waals surface area contributed by atoms with E-state index in [1.807, 2.05) is 19.9 Å². The molecule has 0 aliphatic heterocycles. The average Bonchev–Trinajstić information content (AvgIpc) is 3.36. The molecular formula is C20H23F2N3O2. The van der Waals surface area contributed by atoms with Crippen molar-refractivity contribution in [1.82, 2.24) is 0 Å². The summed E-state index contributed by atoms with van der Waals surface area (Å²) in [5.41, 5.74) is 6.71. The molecule has 7 heteroatoms. The number of guanidine groups is 1. The van der Waals surface area contributed by atoms with Crippen LogP contribution in [-0.2, 0) is 0 Å². The third kappa shape index (κ3) is 4.48. The number of aliphatic imine (C=N–C) groups is 1. The number of rotatable bonds is 7. The standard InChI is InChI=1S/C20H23F2N3O2/c1-3-26-12-8-9-18(27-4-2)17(10-12)25-20(23)24-16-11-13(16)19-14(21)6-5-7-15(19)22/h5-10,13,16H,3-4,11H2,1-2H3,(H3,23,24,25). The molecule has 2 atom stereocenters. The zero-order valence-electron chi connectivity index (χ0n) is 15.3. The number of halogens is 2. The summed E-state index contributed by atoms with van der Waals surface area (Å²) in [6.07, 6.45) is 0.553.